The Morgan fingerprint density at radius 1 is 1.44 bits per heavy atom. The smallest absolute Gasteiger partial charge is 0.225 e. The Balaban J connectivity index is 2.52. The molecule has 4 nitrogen and oxygen atoms in total. The molecule has 0 bridgehead atoms. The Morgan fingerprint density at radius 2 is 2.17 bits per heavy atom. The summed E-state index contributed by atoms with van der Waals surface area (Å²) in [5.41, 5.74) is 2.11. The third kappa shape index (κ3) is 2.07. The van der Waals surface area contributed by atoms with Crippen molar-refractivity contribution in [1.29, 1.82) is 5.26 Å². The number of carbonyl (C=O) groups is 1. The second-order valence-corrected chi connectivity index (χ2v) is 4.20. The fourth-order valence-corrected chi connectivity index (χ4v) is 2.26. The van der Waals surface area contributed by atoms with Crippen molar-refractivity contribution in [2.45, 2.75) is 19.3 Å². The molecule has 0 radical (unpaired) electrons. The number of hydrogen-bond acceptors (Lipinski definition) is 3. The van der Waals surface area contributed by atoms with Crippen LogP contribution in [-0.4, -0.2) is 13.0 Å². The molecule has 0 aliphatic carbocycles. The quantitative estimate of drug-likeness (QED) is 0.863. The first kappa shape index (κ1) is 12.2. The second-order valence-electron chi connectivity index (χ2n) is 4.20. The van der Waals surface area contributed by atoms with Gasteiger partial charge in [0, 0.05) is 23.6 Å². The standard InChI is InChI=1S/C14H14N2O2/c1-9-12(8-15)11(7-14(17)16-9)10-5-3-4-6-13(10)18-2/h3-6,11H,7H2,1-2H3,(H,16,17). The highest BCUT2D eigenvalue weighted by atomic mass is 16.5. The van der Waals surface area contributed by atoms with Crippen LogP contribution in [0.5, 0.6) is 5.75 Å². The molecular weight excluding hydrogens is 228 g/mol. The number of rotatable bonds is 2. The van der Waals surface area contributed by atoms with Gasteiger partial charge in [0.1, 0.15) is 5.75 Å². The molecule has 1 N–H and O–H groups in total. The van der Waals surface area contributed by atoms with Crippen LogP contribution in [0.1, 0.15) is 24.8 Å². The third-order valence-electron chi connectivity index (χ3n) is 3.10. The monoisotopic (exact) mass is 242 g/mol. The summed E-state index contributed by atoms with van der Waals surface area (Å²) in [7, 11) is 1.59. The maximum Gasteiger partial charge on any atom is 0.225 e. The molecule has 92 valence electrons. The van der Waals surface area contributed by atoms with Crippen LogP contribution in [0.3, 0.4) is 0 Å². The van der Waals surface area contributed by atoms with Crippen LogP contribution in [0.4, 0.5) is 0 Å². The van der Waals surface area contributed by atoms with Gasteiger partial charge in [0.15, 0.2) is 0 Å². The second kappa shape index (κ2) is 4.92. The number of methoxy groups -OCH3 is 1. The van der Waals surface area contributed by atoms with E-state index in [4.69, 9.17) is 4.74 Å². The lowest BCUT2D eigenvalue weighted by atomic mass is 9.85. The average Bonchev–Trinajstić information content (AvgIpc) is 2.38. The first-order chi connectivity index (χ1) is 8.67. The molecular formula is C14H14N2O2. The molecule has 1 aromatic carbocycles. The number of nitrogens with zero attached hydrogens (tertiary/aromatic N) is 1. The number of para-hydroxylation sites is 1. The van der Waals surface area contributed by atoms with E-state index in [1.54, 1.807) is 14.0 Å². The summed E-state index contributed by atoms with van der Waals surface area (Å²) in [6, 6.07) is 9.67. The summed E-state index contributed by atoms with van der Waals surface area (Å²) in [4.78, 5) is 11.6. The highest BCUT2D eigenvalue weighted by Crippen LogP contribution is 2.36. The number of nitrogens with one attached hydrogen (secondary N) is 1. The molecule has 1 heterocycles. The molecule has 0 spiro atoms. The van der Waals surface area contributed by atoms with Crippen LogP contribution < -0.4 is 10.1 Å². The number of amides is 1. The van der Waals surface area contributed by atoms with Gasteiger partial charge in [0.05, 0.1) is 18.8 Å². The number of carbonyl (C=O) groups excluding carboxylic acids is 1. The van der Waals surface area contributed by atoms with Gasteiger partial charge in [0.2, 0.25) is 5.91 Å². The molecule has 1 aliphatic rings. The van der Waals surface area contributed by atoms with Crippen molar-refractivity contribution in [2.75, 3.05) is 7.11 Å². The lowest BCUT2D eigenvalue weighted by Crippen LogP contribution is -2.30. The lowest BCUT2D eigenvalue weighted by Gasteiger charge is -2.25. The predicted octanol–water partition coefficient (Wildman–Crippen LogP) is 2.10. The van der Waals surface area contributed by atoms with Gasteiger partial charge in [-0.05, 0) is 13.0 Å². The molecule has 1 amide bonds. The minimum atomic E-state index is -0.222. The normalized spacial score (nSPS) is 19.2. The Kier molecular flexibility index (Phi) is 3.33. The molecule has 1 aliphatic heterocycles. The summed E-state index contributed by atoms with van der Waals surface area (Å²) < 4.78 is 5.30. The molecule has 2 rings (SSSR count). The van der Waals surface area contributed by atoms with Gasteiger partial charge in [-0.2, -0.15) is 5.26 Å². The minimum Gasteiger partial charge on any atom is -0.496 e. The van der Waals surface area contributed by atoms with Crippen LogP contribution >= 0.6 is 0 Å². The van der Waals surface area contributed by atoms with E-state index in [0.717, 1.165) is 5.56 Å². The van der Waals surface area contributed by atoms with Crippen molar-refractivity contribution in [3.8, 4) is 11.8 Å². The predicted molar refractivity (Wildman–Crippen MR) is 66.8 cm³/mol. The van der Waals surface area contributed by atoms with Crippen molar-refractivity contribution < 1.29 is 9.53 Å². The maximum atomic E-state index is 11.6. The molecule has 1 unspecified atom stereocenters. The maximum absolute atomic E-state index is 11.6. The first-order valence-electron chi connectivity index (χ1n) is 5.71. The number of nitriles is 1. The van der Waals surface area contributed by atoms with Gasteiger partial charge >= 0.3 is 0 Å². The molecule has 0 saturated carbocycles. The minimum absolute atomic E-state index is 0.0672. The molecule has 18 heavy (non-hydrogen) atoms. The largest absolute Gasteiger partial charge is 0.496 e. The molecule has 0 saturated heterocycles. The highest BCUT2D eigenvalue weighted by Gasteiger charge is 2.29. The summed E-state index contributed by atoms with van der Waals surface area (Å²) in [6.45, 7) is 1.75. The zero-order valence-corrected chi connectivity index (χ0v) is 10.4. The van der Waals surface area contributed by atoms with Crippen LogP contribution in [-0.2, 0) is 4.79 Å². The number of hydrogen-bond donors (Lipinski definition) is 1. The van der Waals surface area contributed by atoms with E-state index in [-0.39, 0.29) is 18.2 Å². The highest BCUT2D eigenvalue weighted by molar-refractivity contribution is 5.82. The number of ether oxygens (including phenoxy) is 1. The average molecular weight is 242 g/mol. The third-order valence-corrected chi connectivity index (χ3v) is 3.10. The van der Waals surface area contributed by atoms with Gasteiger partial charge in [-0.1, -0.05) is 18.2 Å². The van der Waals surface area contributed by atoms with E-state index < -0.39 is 0 Å². The van der Waals surface area contributed by atoms with Crippen molar-refractivity contribution in [2.24, 2.45) is 0 Å². The fraction of sp³-hybridized carbons (Fsp3) is 0.286. The summed E-state index contributed by atoms with van der Waals surface area (Å²) >= 11 is 0. The fourth-order valence-electron chi connectivity index (χ4n) is 2.26. The van der Waals surface area contributed by atoms with Crippen molar-refractivity contribution in [1.82, 2.24) is 5.32 Å². The molecule has 1 atom stereocenters. The molecule has 4 heteroatoms. The van der Waals surface area contributed by atoms with Gasteiger partial charge in [0.25, 0.3) is 0 Å². The number of allylic oxidation sites excluding steroid dienone is 2. The van der Waals surface area contributed by atoms with Crippen molar-refractivity contribution in [3.63, 3.8) is 0 Å². The van der Waals surface area contributed by atoms with Gasteiger partial charge in [-0.15, -0.1) is 0 Å². The molecule has 1 aromatic rings. The summed E-state index contributed by atoms with van der Waals surface area (Å²) in [5, 5.41) is 11.9. The van der Waals surface area contributed by atoms with Gasteiger partial charge in [-0.25, -0.2) is 0 Å². The van der Waals surface area contributed by atoms with Crippen LogP contribution in [0.25, 0.3) is 0 Å². The molecule has 0 aromatic heterocycles. The zero-order chi connectivity index (χ0) is 13.1. The van der Waals surface area contributed by atoms with Gasteiger partial charge in [-0.3, -0.25) is 4.79 Å². The van der Waals surface area contributed by atoms with E-state index in [1.165, 1.54) is 0 Å². The van der Waals surface area contributed by atoms with E-state index in [0.29, 0.717) is 17.0 Å². The Hall–Kier alpha value is -2.28. The number of benzene rings is 1. The summed E-state index contributed by atoms with van der Waals surface area (Å²) in [5.74, 6) is 0.417. The Labute approximate surface area is 106 Å². The van der Waals surface area contributed by atoms with Gasteiger partial charge < -0.3 is 10.1 Å². The Bertz CT molecular complexity index is 555. The van der Waals surface area contributed by atoms with E-state index in [2.05, 4.69) is 11.4 Å². The summed E-state index contributed by atoms with van der Waals surface area (Å²) in [6.07, 6.45) is 0.278. The van der Waals surface area contributed by atoms with Crippen LogP contribution in [0.2, 0.25) is 0 Å². The Morgan fingerprint density at radius 3 is 2.83 bits per heavy atom. The van der Waals surface area contributed by atoms with E-state index in [1.807, 2.05) is 24.3 Å². The van der Waals surface area contributed by atoms with E-state index >= 15 is 0 Å². The van der Waals surface area contributed by atoms with Crippen molar-refractivity contribution in [3.05, 3.63) is 41.1 Å². The van der Waals surface area contributed by atoms with Crippen molar-refractivity contribution >= 4 is 5.91 Å². The van der Waals surface area contributed by atoms with Crippen LogP contribution in [0.15, 0.2) is 35.5 Å². The zero-order valence-electron chi connectivity index (χ0n) is 10.4. The van der Waals surface area contributed by atoms with E-state index in [9.17, 15) is 10.1 Å². The SMILES string of the molecule is COc1ccccc1C1CC(=O)NC(C)=C1C#N. The van der Waals surface area contributed by atoms with Crippen LogP contribution in [0, 0.1) is 11.3 Å². The molecule has 0 fully saturated rings. The topological polar surface area (TPSA) is 62.1 Å². The first-order valence-corrected chi connectivity index (χ1v) is 5.71. The lowest BCUT2D eigenvalue weighted by molar-refractivity contribution is -0.121.